The average Bonchev–Trinajstić information content (AvgIpc) is 3.14. The Morgan fingerprint density at radius 3 is 2.46 bits per heavy atom. The number of fused-ring (bicyclic) bond motifs is 1. The summed E-state index contributed by atoms with van der Waals surface area (Å²) in [5.41, 5.74) is 1.58. The van der Waals surface area contributed by atoms with Crippen LogP contribution in [-0.2, 0) is 9.53 Å². The molecular weight excluding hydrogens is 511 g/mol. The third-order valence-electron chi connectivity index (χ3n) is 5.52. The average molecular weight is 533 g/mol. The van der Waals surface area contributed by atoms with Crippen molar-refractivity contribution in [3.8, 4) is 11.5 Å². The number of rotatable bonds is 6. The second-order valence-corrected chi connectivity index (χ2v) is 9.38. The van der Waals surface area contributed by atoms with Crippen LogP contribution >= 0.6 is 34.5 Å². The minimum absolute atomic E-state index is 0.184. The number of ether oxygens (including phenoxy) is 3. The second kappa shape index (κ2) is 10.3. The fourth-order valence-electron chi connectivity index (χ4n) is 3.91. The van der Waals surface area contributed by atoms with Gasteiger partial charge in [-0.25, -0.2) is 9.79 Å². The highest BCUT2D eigenvalue weighted by Gasteiger charge is 2.34. The molecule has 1 unspecified atom stereocenters. The minimum Gasteiger partial charge on any atom is -0.493 e. The van der Waals surface area contributed by atoms with Crippen LogP contribution < -0.4 is 24.4 Å². The van der Waals surface area contributed by atoms with Crippen molar-refractivity contribution in [3.05, 3.63) is 88.5 Å². The van der Waals surface area contributed by atoms with Crippen molar-refractivity contribution in [1.29, 1.82) is 0 Å². The lowest BCUT2D eigenvalue weighted by atomic mass is 9.95. The van der Waals surface area contributed by atoms with Crippen LogP contribution in [0.3, 0.4) is 0 Å². The predicted octanol–water partition coefficient (Wildman–Crippen LogP) is 4.12. The van der Waals surface area contributed by atoms with Crippen molar-refractivity contribution in [2.75, 3.05) is 20.8 Å². The normalized spacial score (nSPS) is 15.5. The molecule has 7 nitrogen and oxygen atoms in total. The molecule has 0 bridgehead atoms. The summed E-state index contributed by atoms with van der Waals surface area (Å²) >= 11 is 13.8. The van der Waals surface area contributed by atoms with Crippen LogP contribution in [0.15, 0.2) is 57.5 Å². The SMILES string of the molecule is CCOC(=O)C1=C(C)N=c2s/c(=C/c3c(Cl)cccc3Cl)c(=O)n2C1c1ccc(OC)c(OC)c1. The Kier molecular flexibility index (Phi) is 7.35. The van der Waals surface area contributed by atoms with Crippen molar-refractivity contribution in [2.45, 2.75) is 19.9 Å². The summed E-state index contributed by atoms with van der Waals surface area (Å²) in [6.07, 6.45) is 1.64. The van der Waals surface area contributed by atoms with Gasteiger partial charge in [-0.2, -0.15) is 0 Å². The van der Waals surface area contributed by atoms with Gasteiger partial charge >= 0.3 is 5.97 Å². The van der Waals surface area contributed by atoms with E-state index < -0.39 is 12.0 Å². The highest BCUT2D eigenvalue weighted by Crippen LogP contribution is 2.36. The highest BCUT2D eigenvalue weighted by atomic mass is 35.5. The van der Waals surface area contributed by atoms with Crippen LogP contribution in [0.5, 0.6) is 11.5 Å². The molecule has 0 aliphatic carbocycles. The van der Waals surface area contributed by atoms with E-state index in [-0.39, 0.29) is 17.7 Å². The Hall–Kier alpha value is -3.07. The van der Waals surface area contributed by atoms with Crippen LogP contribution in [0.25, 0.3) is 6.08 Å². The van der Waals surface area contributed by atoms with Crippen molar-refractivity contribution >= 4 is 46.6 Å². The number of thiazole rings is 1. The molecule has 1 atom stereocenters. The number of benzene rings is 2. The van der Waals surface area contributed by atoms with E-state index >= 15 is 0 Å². The van der Waals surface area contributed by atoms with Gasteiger partial charge in [0.15, 0.2) is 16.3 Å². The van der Waals surface area contributed by atoms with Crippen molar-refractivity contribution < 1.29 is 19.0 Å². The third-order valence-corrected chi connectivity index (χ3v) is 7.16. The summed E-state index contributed by atoms with van der Waals surface area (Å²) < 4.78 is 18.0. The zero-order chi connectivity index (χ0) is 25.3. The van der Waals surface area contributed by atoms with Gasteiger partial charge in [-0.05, 0) is 49.8 Å². The monoisotopic (exact) mass is 532 g/mol. The lowest BCUT2D eigenvalue weighted by Crippen LogP contribution is -2.40. The summed E-state index contributed by atoms with van der Waals surface area (Å²) in [5.74, 6) is 0.445. The number of esters is 1. The molecule has 0 saturated heterocycles. The number of allylic oxidation sites excluding steroid dienone is 1. The number of nitrogens with zero attached hydrogens (tertiary/aromatic N) is 2. The molecule has 2 aromatic carbocycles. The first-order valence-electron chi connectivity index (χ1n) is 10.7. The van der Waals surface area contributed by atoms with Gasteiger partial charge in [0.2, 0.25) is 0 Å². The van der Waals surface area contributed by atoms with Crippen LogP contribution in [-0.4, -0.2) is 31.4 Å². The zero-order valence-corrected chi connectivity index (χ0v) is 21.8. The van der Waals surface area contributed by atoms with Gasteiger partial charge in [0.1, 0.15) is 0 Å². The molecule has 0 N–H and O–H groups in total. The van der Waals surface area contributed by atoms with Gasteiger partial charge in [-0.15, -0.1) is 0 Å². The van der Waals surface area contributed by atoms with Crippen molar-refractivity contribution in [3.63, 3.8) is 0 Å². The van der Waals surface area contributed by atoms with E-state index in [0.29, 0.717) is 47.7 Å². The zero-order valence-electron chi connectivity index (χ0n) is 19.4. The fourth-order valence-corrected chi connectivity index (χ4v) is 5.44. The van der Waals surface area contributed by atoms with Crippen LogP contribution in [0.2, 0.25) is 10.0 Å². The summed E-state index contributed by atoms with van der Waals surface area (Å²) in [7, 11) is 3.06. The van der Waals surface area contributed by atoms with Crippen LogP contribution in [0.1, 0.15) is 31.0 Å². The van der Waals surface area contributed by atoms with E-state index in [1.165, 1.54) is 30.1 Å². The Bertz CT molecular complexity index is 1500. The lowest BCUT2D eigenvalue weighted by molar-refractivity contribution is -0.139. The topological polar surface area (TPSA) is 79.1 Å². The molecule has 0 radical (unpaired) electrons. The Labute approximate surface area is 215 Å². The maximum absolute atomic E-state index is 13.7. The molecule has 1 aliphatic rings. The number of hydrogen-bond donors (Lipinski definition) is 0. The van der Waals surface area contributed by atoms with Gasteiger partial charge in [0.25, 0.3) is 5.56 Å². The second-order valence-electron chi connectivity index (χ2n) is 7.55. The van der Waals surface area contributed by atoms with Crippen LogP contribution in [0, 0.1) is 0 Å². The first-order valence-corrected chi connectivity index (χ1v) is 12.2. The van der Waals surface area contributed by atoms with Crippen molar-refractivity contribution in [1.82, 2.24) is 4.57 Å². The molecule has 0 spiro atoms. The third kappa shape index (κ3) is 4.61. The molecule has 0 saturated carbocycles. The smallest absolute Gasteiger partial charge is 0.338 e. The Morgan fingerprint density at radius 2 is 1.83 bits per heavy atom. The van der Waals surface area contributed by atoms with Gasteiger partial charge < -0.3 is 14.2 Å². The standard InChI is InChI=1S/C25H22Cl2N2O5S/c1-5-34-24(31)21-13(2)28-25-29(22(21)14-9-10-18(32-3)19(11-14)33-4)23(30)20(35-25)12-15-16(26)7-6-8-17(15)27/h6-12,22H,5H2,1-4H3/b20-12+. The maximum atomic E-state index is 13.7. The van der Waals surface area contributed by atoms with Gasteiger partial charge in [-0.3, -0.25) is 9.36 Å². The Morgan fingerprint density at radius 1 is 1.14 bits per heavy atom. The summed E-state index contributed by atoms with van der Waals surface area (Å²) in [6, 6.07) is 9.60. The van der Waals surface area contributed by atoms with E-state index in [9.17, 15) is 9.59 Å². The molecular formula is C25H22Cl2N2O5S. The van der Waals surface area contributed by atoms with E-state index in [1.54, 1.807) is 56.3 Å². The largest absolute Gasteiger partial charge is 0.493 e. The number of carbonyl (C=O) groups excluding carboxylic acids is 1. The number of halogens is 2. The van der Waals surface area contributed by atoms with E-state index in [4.69, 9.17) is 37.4 Å². The molecule has 10 heteroatoms. The van der Waals surface area contributed by atoms with Crippen molar-refractivity contribution in [2.24, 2.45) is 4.99 Å². The van der Waals surface area contributed by atoms with E-state index in [1.807, 2.05) is 0 Å². The van der Waals surface area contributed by atoms with E-state index in [2.05, 4.69) is 4.99 Å². The van der Waals surface area contributed by atoms with E-state index in [0.717, 1.165) is 0 Å². The number of aromatic nitrogens is 1. The molecule has 0 amide bonds. The number of carbonyl (C=O) groups is 1. The van der Waals surface area contributed by atoms with Gasteiger partial charge in [0.05, 0.1) is 42.7 Å². The van der Waals surface area contributed by atoms with Gasteiger partial charge in [-0.1, -0.05) is 46.7 Å². The first-order chi connectivity index (χ1) is 16.8. The molecule has 35 heavy (non-hydrogen) atoms. The quantitative estimate of drug-likeness (QED) is 0.446. The first kappa shape index (κ1) is 25.0. The Balaban J connectivity index is 2.00. The minimum atomic E-state index is -0.783. The summed E-state index contributed by atoms with van der Waals surface area (Å²) in [6.45, 7) is 3.63. The number of hydrogen-bond acceptors (Lipinski definition) is 7. The highest BCUT2D eigenvalue weighted by molar-refractivity contribution is 7.07. The predicted molar refractivity (Wildman–Crippen MR) is 136 cm³/mol. The maximum Gasteiger partial charge on any atom is 0.338 e. The molecule has 4 rings (SSSR count). The fraction of sp³-hybridized carbons (Fsp3) is 0.240. The summed E-state index contributed by atoms with van der Waals surface area (Å²) in [5, 5.41) is 0.839. The molecule has 1 aliphatic heterocycles. The van der Waals surface area contributed by atoms with Gasteiger partial charge in [0, 0.05) is 15.6 Å². The molecule has 1 aromatic heterocycles. The molecule has 0 fully saturated rings. The van der Waals surface area contributed by atoms with Crippen LogP contribution in [0.4, 0.5) is 0 Å². The lowest BCUT2D eigenvalue weighted by Gasteiger charge is -2.25. The summed E-state index contributed by atoms with van der Waals surface area (Å²) in [4.78, 5) is 31.7. The molecule has 182 valence electrons. The number of methoxy groups -OCH3 is 2. The molecule has 3 aromatic rings. The molecule has 2 heterocycles.